The smallest absolute Gasteiger partial charge is 0.135 e. The van der Waals surface area contributed by atoms with Gasteiger partial charge in [0.2, 0.25) is 0 Å². The fourth-order valence-corrected chi connectivity index (χ4v) is 2.83. The second kappa shape index (κ2) is 4.00. The predicted octanol–water partition coefficient (Wildman–Crippen LogP) is 2.36. The van der Waals surface area contributed by atoms with Crippen molar-refractivity contribution in [3.8, 4) is 5.75 Å². The Kier molecular flexibility index (Phi) is 2.60. The molecule has 1 aromatic rings. The van der Waals surface area contributed by atoms with Crippen molar-refractivity contribution in [1.29, 1.82) is 0 Å². The number of benzene rings is 1. The molecule has 1 spiro atoms. The van der Waals surface area contributed by atoms with Crippen LogP contribution in [0, 0.1) is 6.92 Å². The average molecular weight is 234 g/mol. The summed E-state index contributed by atoms with van der Waals surface area (Å²) in [4.78, 5) is 0. The van der Waals surface area contributed by atoms with E-state index in [4.69, 9.17) is 9.47 Å². The molecule has 2 aliphatic heterocycles. The Morgan fingerprint density at radius 3 is 3.06 bits per heavy atom. The van der Waals surface area contributed by atoms with Crippen molar-refractivity contribution < 1.29 is 14.6 Å². The van der Waals surface area contributed by atoms with E-state index in [2.05, 4.69) is 0 Å². The molecule has 0 bridgehead atoms. The molecule has 92 valence electrons. The first-order valence-electron chi connectivity index (χ1n) is 6.24. The number of rotatable bonds is 0. The first-order chi connectivity index (χ1) is 8.19. The maximum atomic E-state index is 10.3. The summed E-state index contributed by atoms with van der Waals surface area (Å²) in [5, 5.41) is 10.3. The monoisotopic (exact) mass is 234 g/mol. The second-order valence-electron chi connectivity index (χ2n) is 5.20. The number of hydrogen-bond acceptors (Lipinski definition) is 3. The summed E-state index contributed by atoms with van der Waals surface area (Å²) >= 11 is 0. The lowest BCUT2D eigenvalue weighted by molar-refractivity contribution is -0.103. The lowest BCUT2D eigenvalue weighted by Gasteiger charge is -2.42. The highest BCUT2D eigenvalue weighted by Crippen LogP contribution is 2.43. The zero-order valence-electron chi connectivity index (χ0n) is 10.1. The van der Waals surface area contributed by atoms with Crippen molar-refractivity contribution in [2.75, 3.05) is 13.2 Å². The number of fused-ring (bicyclic) bond motifs is 1. The maximum Gasteiger partial charge on any atom is 0.135 e. The van der Waals surface area contributed by atoms with Crippen LogP contribution in [0.3, 0.4) is 0 Å². The van der Waals surface area contributed by atoms with E-state index in [0.29, 0.717) is 13.0 Å². The van der Waals surface area contributed by atoms with Crippen molar-refractivity contribution in [1.82, 2.24) is 0 Å². The molecule has 3 nitrogen and oxygen atoms in total. The molecule has 1 N–H and O–H groups in total. The second-order valence-corrected chi connectivity index (χ2v) is 5.20. The Balaban J connectivity index is 1.94. The molecule has 3 rings (SSSR count). The third-order valence-electron chi connectivity index (χ3n) is 3.70. The summed E-state index contributed by atoms with van der Waals surface area (Å²) in [5.74, 6) is 0.819. The van der Waals surface area contributed by atoms with Crippen molar-refractivity contribution in [2.45, 2.75) is 37.9 Å². The summed E-state index contributed by atoms with van der Waals surface area (Å²) in [6.45, 7) is 3.43. The van der Waals surface area contributed by atoms with Gasteiger partial charge >= 0.3 is 0 Å². The standard InChI is InChI=1S/C14H18O3/c1-10-3-4-13-11(7-10)12(15)8-14(17-13)5-2-6-16-9-14/h3-4,7,12,15H,2,5-6,8-9H2,1H3/t12-,14?/m0/s1. The molecular weight excluding hydrogens is 216 g/mol. The normalized spacial score (nSPS) is 32.0. The summed E-state index contributed by atoms with van der Waals surface area (Å²) in [6, 6.07) is 5.99. The van der Waals surface area contributed by atoms with Gasteiger partial charge in [0.15, 0.2) is 0 Å². The molecule has 1 unspecified atom stereocenters. The molecule has 0 radical (unpaired) electrons. The molecule has 0 saturated carbocycles. The number of aryl methyl sites for hydroxylation is 1. The van der Waals surface area contributed by atoms with Gasteiger partial charge in [-0.15, -0.1) is 0 Å². The third-order valence-corrected chi connectivity index (χ3v) is 3.70. The van der Waals surface area contributed by atoms with E-state index >= 15 is 0 Å². The molecule has 2 atom stereocenters. The third kappa shape index (κ3) is 1.94. The molecule has 0 amide bonds. The van der Waals surface area contributed by atoms with Crippen LogP contribution in [-0.4, -0.2) is 23.9 Å². The highest BCUT2D eigenvalue weighted by molar-refractivity contribution is 5.41. The van der Waals surface area contributed by atoms with Crippen LogP contribution in [0.1, 0.15) is 36.5 Å². The average Bonchev–Trinajstić information content (AvgIpc) is 2.31. The van der Waals surface area contributed by atoms with Gasteiger partial charge in [-0.05, 0) is 31.9 Å². The van der Waals surface area contributed by atoms with Gasteiger partial charge in [0.25, 0.3) is 0 Å². The van der Waals surface area contributed by atoms with Crippen LogP contribution in [0.4, 0.5) is 0 Å². The van der Waals surface area contributed by atoms with E-state index in [1.165, 1.54) is 0 Å². The minimum absolute atomic E-state index is 0.306. The molecule has 0 aromatic heterocycles. The van der Waals surface area contributed by atoms with E-state index in [1.54, 1.807) is 0 Å². The van der Waals surface area contributed by atoms with Crippen LogP contribution in [0.2, 0.25) is 0 Å². The first kappa shape index (κ1) is 11.1. The highest BCUT2D eigenvalue weighted by Gasteiger charge is 2.42. The zero-order valence-corrected chi connectivity index (χ0v) is 10.1. The van der Waals surface area contributed by atoms with Crippen LogP contribution in [0.25, 0.3) is 0 Å². The van der Waals surface area contributed by atoms with Crippen LogP contribution >= 0.6 is 0 Å². The SMILES string of the molecule is Cc1ccc2c(c1)[C@@H](O)CC1(CCCOC1)O2. The van der Waals surface area contributed by atoms with E-state index < -0.39 is 6.10 Å². The Morgan fingerprint density at radius 1 is 1.41 bits per heavy atom. The van der Waals surface area contributed by atoms with Gasteiger partial charge in [-0.2, -0.15) is 0 Å². The topological polar surface area (TPSA) is 38.7 Å². The Hall–Kier alpha value is -1.06. The Morgan fingerprint density at radius 2 is 2.29 bits per heavy atom. The van der Waals surface area contributed by atoms with Crippen molar-refractivity contribution in [3.05, 3.63) is 29.3 Å². The van der Waals surface area contributed by atoms with Crippen LogP contribution in [0.15, 0.2) is 18.2 Å². The summed E-state index contributed by atoms with van der Waals surface area (Å²) in [7, 11) is 0. The number of aliphatic hydroxyl groups excluding tert-OH is 1. The molecule has 1 fully saturated rings. The van der Waals surface area contributed by atoms with Gasteiger partial charge < -0.3 is 14.6 Å². The molecule has 17 heavy (non-hydrogen) atoms. The molecule has 2 heterocycles. The number of hydrogen-bond donors (Lipinski definition) is 1. The predicted molar refractivity (Wildman–Crippen MR) is 64.2 cm³/mol. The van der Waals surface area contributed by atoms with E-state index in [1.807, 2.05) is 25.1 Å². The largest absolute Gasteiger partial charge is 0.484 e. The van der Waals surface area contributed by atoms with Gasteiger partial charge in [0, 0.05) is 18.6 Å². The number of aliphatic hydroxyl groups is 1. The summed E-state index contributed by atoms with van der Waals surface area (Å²) < 4.78 is 11.6. The minimum Gasteiger partial charge on any atom is -0.484 e. The Bertz CT molecular complexity index is 421. The van der Waals surface area contributed by atoms with E-state index in [0.717, 1.165) is 36.3 Å². The fraction of sp³-hybridized carbons (Fsp3) is 0.571. The van der Waals surface area contributed by atoms with Gasteiger partial charge in [-0.3, -0.25) is 0 Å². The molecule has 1 saturated heterocycles. The van der Waals surface area contributed by atoms with E-state index in [-0.39, 0.29) is 5.60 Å². The maximum absolute atomic E-state index is 10.3. The van der Waals surface area contributed by atoms with Gasteiger partial charge in [-0.25, -0.2) is 0 Å². The summed E-state index contributed by atoms with van der Waals surface area (Å²) in [6.07, 6.45) is 2.19. The molecule has 2 aliphatic rings. The van der Waals surface area contributed by atoms with Crippen molar-refractivity contribution in [3.63, 3.8) is 0 Å². The van der Waals surface area contributed by atoms with Crippen molar-refractivity contribution in [2.24, 2.45) is 0 Å². The van der Waals surface area contributed by atoms with Crippen LogP contribution < -0.4 is 4.74 Å². The Labute approximate surface area is 101 Å². The van der Waals surface area contributed by atoms with E-state index in [9.17, 15) is 5.11 Å². The zero-order chi connectivity index (χ0) is 11.9. The van der Waals surface area contributed by atoms with Gasteiger partial charge in [0.1, 0.15) is 11.4 Å². The lowest BCUT2D eigenvalue weighted by atomic mass is 9.84. The van der Waals surface area contributed by atoms with Crippen LogP contribution in [0.5, 0.6) is 5.75 Å². The van der Waals surface area contributed by atoms with Crippen molar-refractivity contribution >= 4 is 0 Å². The molecular formula is C14H18O3. The quantitative estimate of drug-likeness (QED) is 0.749. The molecule has 3 heteroatoms. The van der Waals surface area contributed by atoms with Crippen LogP contribution in [-0.2, 0) is 4.74 Å². The minimum atomic E-state index is -0.430. The fourth-order valence-electron chi connectivity index (χ4n) is 2.83. The summed E-state index contributed by atoms with van der Waals surface area (Å²) in [5.41, 5.74) is 1.77. The highest BCUT2D eigenvalue weighted by atomic mass is 16.5. The molecule has 1 aromatic carbocycles. The first-order valence-corrected chi connectivity index (χ1v) is 6.24. The van der Waals surface area contributed by atoms with Gasteiger partial charge in [0.05, 0.1) is 12.7 Å². The van der Waals surface area contributed by atoms with Gasteiger partial charge in [-0.1, -0.05) is 11.6 Å². The number of ether oxygens (including phenoxy) is 2. The lowest BCUT2D eigenvalue weighted by Crippen LogP contribution is -2.47. The molecule has 0 aliphatic carbocycles.